The minimum absolute atomic E-state index is 0.00738. The lowest BCUT2D eigenvalue weighted by molar-refractivity contribution is -0.137. The fourth-order valence-corrected chi connectivity index (χ4v) is 6.04. The molecule has 220 valence electrons. The molecule has 2 aliphatic heterocycles. The van der Waals surface area contributed by atoms with Gasteiger partial charge >= 0.3 is 6.18 Å². The van der Waals surface area contributed by atoms with Crippen LogP contribution in [0.3, 0.4) is 0 Å². The van der Waals surface area contributed by atoms with Crippen molar-refractivity contribution >= 4 is 42.9 Å². The van der Waals surface area contributed by atoms with Crippen molar-refractivity contribution in [2.45, 2.75) is 77.0 Å². The van der Waals surface area contributed by atoms with Gasteiger partial charge in [-0.05, 0) is 74.5 Å². The molecule has 2 aliphatic rings. The van der Waals surface area contributed by atoms with Gasteiger partial charge < -0.3 is 18.8 Å². The first-order valence-electron chi connectivity index (χ1n) is 13.3. The van der Waals surface area contributed by atoms with Crippen LogP contribution in [-0.2, 0) is 15.4 Å². The fourth-order valence-electron chi connectivity index (χ4n) is 4.48. The van der Waals surface area contributed by atoms with E-state index in [1.807, 2.05) is 0 Å². The van der Waals surface area contributed by atoms with E-state index in [-0.39, 0.29) is 21.9 Å². The van der Waals surface area contributed by atoms with Crippen LogP contribution < -0.4 is 19.3 Å². The summed E-state index contributed by atoms with van der Waals surface area (Å²) in [5.74, 6) is 0.498. The Labute approximate surface area is 244 Å². The minimum Gasteiger partial charge on any atom is -0.489 e. The van der Waals surface area contributed by atoms with Crippen LogP contribution in [0.4, 0.5) is 24.5 Å². The summed E-state index contributed by atoms with van der Waals surface area (Å²) in [5.41, 5.74) is -2.43. The number of thiocarbonyl (C=S) groups is 1. The van der Waals surface area contributed by atoms with Crippen LogP contribution in [-0.4, -0.2) is 44.2 Å². The van der Waals surface area contributed by atoms with E-state index >= 15 is 0 Å². The molecule has 1 fully saturated rings. The minimum atomic E-state index is -4.78. The Kier molecular flexibility index (Phi) is 7.97. The quantitative estimate of drug-likeness (QED) is 0.267. The van der Waals surface area contributed by atoms with E-state index in [1.54, 1.807) is 43.0 Å². The van der Waals surface area contributed by atoms with Crippen LogP contribution in [0.15, 0.2) is 36.4 Å². The first-order chi connectivity index (χ1) is 18.9. The molecule has 2 aromatic carbocycles. The van der Waals surface area contributed by atoms with Crippen LogP contribution in [0, 0.1) is 11.3 Å². The highest BCUT2D eigenvalue weighted by molar-refractivity contribution is 7.81. The number of halogens is 3. The number of ether oxygens (including phenoxy) is 2. The summed E-state index contributed by atoms with van der Waals surface area (Å²) in [7, 11) is -1.96. The number of alkyl halides is 3. The molecule has 0 N–H and O–H groups in total. The van der Waals surface area contributed by atoms with Crippen molar-refractivity contribution in [3.63, 3.8) is 0 Å². The maximum absolute atomic E-state index is 13.6. The largest absolute Gasteiger partial charge is 0.489 e. The lowest BCUT2D eigenvalue weighted by Crippen LogP contribution is -2.44. The molecule has 4 rings (SSSR count). The van der Waals surface area contributed by atoms with Gasteiger partial charge in [-0.1, -0.05) is 20.8 Å². The highest BCUT2D eigenvalue weighted by atomic mass is 32.1. The average molecular weight is 606 g/mol. The van der Waals surface area contributed by atoms with Gasteiger partial charge in [-0.2, -0.15) is 18.4 Å². The third kappa shape index (κ3) is 5.80. The number of nitriles is 1. The molecule has 0 aromatic heterocycles. The Morgan fingerprint density at radius 3 is 2.39 bits per heavy atom. The Morgan fingerprint density at radius 2 is 1.78 bits per heavy atom. The predicted molar refractivity (Wildman–Crippen MR) is 157 cm³/mol. The lowest BCUT2D eigenvalue weighted by Gasteiger charge is -2.37. The van der Waals surface area contributed by atoms with Gasteiger partial charge in [0, 0.05) is 18.2 Å². The van der Waals surface area contributed by atoms with Crippen molar-refractivity contribution in [2.75, 3.05) is 23.0 Å². The van der Waals surface area contributed by atoms with Crippen molar-refractivity contribution in [2.24, 2.45) is 0 Å². The summed E-state index contributed by atoms with van der Waals surface area (Å²) in [4.78, 5) is 16.2. The number of hydrogen-bond acceptors (Lipinski definition) is 6. The van der Waals surface area contributed by atoms with Gasteiger partial charge in [0.1, 0.15) is 11.6 Å². The number of carbonyl (C=O) groups is 1. The first-order valence-corrected chi connectivity index (χ1v) is 16.6. The Hall–Kier alpha value is -3.14. The number of rotatable bonds is 5. The van der Waals surface area contributed by atoms with Crippen LogP contribution in [0.1, 0.15) is 52.2 Å². The second-order valence-corrected chi connectivity index (χ2v) is 17.4. The van der Waals surface area contributed by atoms with Crippen molar-refractivity contribution in [3.05, 3.63) is 47.5 Å². The molecule has 1 saturated heterocycles. The van der Waals surface area contributed by atoms with Gasteiger partial charge in [-0.3, -0.25) is 9.69 Å². The first kappa shape index (κ1) is 30.8. The average Bonchev–Trinajstić information content (AvgIpc) is 2.99. The Bertz CT molecular complexity index is 1420. The van der Waals surface area contributed by atoms with E-state index < -0.39 is 37.1 Å². The highest BCUT2D eigenvalue weighted by Crippen LogP contribution is 2.43. The molecule has 1 amide bonds. The zero-order chi connectivity index (χ0) is 30.5. The summed E-state index contributed by atoms with van der Waals surface area (Å²) in [6.45, 7) is 15.0. The van der Waals surface area contributed by atoms with E-state index in [2.05, 4.69) is 33.9 Å². The van der Waals surface area contributed by atoms with Crippen LogP contribution in [0.25, 0.3) is 0 Å². The second-order valence-electron chi connectivity index (χ2n) is 12.2. The normalized spacial score (nSPS) is 19.3. The summed E-state index contributed by atoms with van der Waals surface area (Å²) in [6, 6.07) is 9.87. The number of anilines is 2. The molecule has 1 unspecified atom stereocenters. The van der Waals surface area contributed by atoms with Gasteiger partial charge in [-0.15, -0.1) is 0 Å². The molecular weight excluding hydrogens is 571 g/mol. The maximum atomic E-state index is 13.6. The summed E-state index contributed by atoms with van der Waals surface area (Å²) < 4.78 is 59.5. The number of nitrogens with zero attached hydrogens (tertiary/aromatic N) is 3. The lowest BCUT2D eigenvalue weighted by atomic mass is 10.0. The Balaban J connectivity index is 1.61. The predicted octanol–water partition coefficient (Wildman–Crippen LogP) is 7.05. The van der Waals surface area contributed by atoms with Crippen molar-refractivity contribution in [3.8, 4) is 17.6 Å². The van der Waals surface area contributed by atoms with Crippen LogP contribution >= 0.6 is 12.2 Å². The SMILES string of the molecule is CC1(C)C(=O)N(c2ccc(C#N)c(C(F)(F)F)c2)C(=S)N1c1ccc2c(c1)OCCC(CO[Si](C)(C)C(C)(C)C)O2. The highest BCUT2D eigenvalue weighted by Gasteiger charge is 2.51. The smallest absolute Gasteiger partial charge is 0.417 e. The van der Waals surface area contributed by atoms with Gasteiger partial charge in [0.25, 0.3) is 5.91 Å². The molecule has 1 atom stereocenters. The van der Waals surface area contributed by atoms with E-state index in [1.165, 1.54) is 6.07 Å². The third-order valence-electron chi connectivity index (χ3n) is 7.97. The summed E-state index contributed by atoms with van der Waals surface area (Å²) in [5, 5.41) is 9.23. The van der Waals surface area contributed by atoms with Gasteiger partial charge in [0.15, 0.2) is 24.9 Å². The zero-order valence-electron chi connectivity index (χ0n) is 24.2. The van der Waals surface area contributed by atoms with Gasteiger partial charge in [-0.25, -0.2) is 0 Å². The van der Waals surface area contributed by atoms with E-state index in [0.717, 1.165) is 17.0 Å². The number of benzene rings is 2. The zero-order valence-corrected chi connectivity index (χ0v) is 26.0. The molecule has 2 heterocycles. The molecule has 0 bridgehead atoms. The van der Waals surface area contributed by atoms with Gasteiger partial charge in [0.05, 0.1) is 36.1 Å². The van der Waals surface area contributed by atoms with E-state index in [9.17, 15) is 18.0 Å². The molecule has 12 heteroatoms. The van der Waals surface area contributed by atoms with Gasteiger partial charge in [0.2, 0.25) is 0 Å². The maximum Gasteiger partial charge on any atom is 0.417 e. The molecule has 0 radical (unpaired) electrons. The topological polar surface area (TPSA) is 75.0 Å². The van der Waals surface area contributed by atoms with Crippen molar-refractivity contribution < 1.29 is 31.9 Å². The standard InChI is InChI=1S/C29H34F3N3O4SSi/c1-27(2,3)41(6,7)38-17-21-12-13-37-24-15-20(10-11-23(24)39-21)35-26(40)34(25(36)28(35,4)5)19-9-8-18(16-33)22(14-19)29(30,31)32/h8-11,14-15,21H,12-13,17H2,1-7H3. The van der Waals surface area contributed by atoms with Crippen LogP contribution in [0.5, 0.6) is 11.5 Å². The fraction of sp³-hybridized carbons (Fsp3) is 0.483. The Morgan fingerprint density at radius 1 is 1.12 bits per heavy atom. The molecular formula is C29H34F3N3O4SSi. The third-order valence-corrected chi connectivity index (χ3v) is 12.8. The van der Waals surface area contributed by atoms with Crippen molar-refractivity contribution in [1.82, 2.24) is 0 Å². The van der Waals surface area contributed by atoms with E-state index in [4.69, 9.17) is 31.4 Å². The molecule has 7 nitrogen and oxygen atoms in total. The number of amides is 1. The van der Waals surface area contributed by atoms with Crippen molar-refractivity contribution in [1.29, 1.82) is 5.26 Å². The summed E-state index contributed by atoms with van der Waals surface area (Å²) >= 11 is 5.65. The van der Waals surface area contributed by atoms with E-state index in [0.29, 0.717) is 36.8 Å². The molecule has 0 saturated carbocycles. The summed E-state index contributed by atoms with van der Waals surface area (Å²) in [6.07, 6.45) is -4.35. The number of hydrogen-bond donors (Lipinski definition) is 0. The number of carbonyl (C=O) groups excluding carboxylic acids is 1. The molecule has 2 aromatic rings. The monoisotopic (exact) mass is 605 g/mol. The molecule has 0 aliphatic carbocycles. The second kappa shape index (κ2) is 10.6. The molecule has 0 spiro atoms. The molecule has 41 heavy (non-hydrogen) atoms. The van der Waals surface area contributed by atoms with Crippen LogP contribution in [0.2, 0.25) is 18.1 Å². The number of fused-ring (bicyclic) bond motifs is 1.